The van der Waals surface area contributed by atoms with Gasteiger partial charge in [0.05, 0.1) is 11.4 Å². The van der Waals surface area contributed by atoms with Gasteiger partial charge in [-0.05, 0) is 31.0 Å². The zero-order chi connectivity index (χ0) is 11.8. The first-order valence-corrected chi connectivity index (χ1v) is 6.11. The van der Waals surface area contributed by atoms with Crippen molar-refractivity contribution in [1.29, 1.82) is 0 Å². The zero-order valence-electron chi connectivity index (χ0n) is 9.34. The Morgan fingerprint density at radius 2 is 2.06 bits per heavy atom. The lowest BCUT2D eigenvalue weighted by atomic mass is 10.2. The van der Waals surface area contributed by atoms with E-state index < -0.39 is 0 Å². The number of thiocarbonyl (C=S) groups is 1. The van der Waals surface area contributed by atoms with Crippen LogP contribution in [-0.4, -0.2) is 14.8 Å². The maximum atomic E-state index is 5.72. The molecule has 2 aromatic rings. The van der Waals surface area contributed by atoms with Gasteiger partial charge < -0.3 is 5.73 Å². The highest BCUT2D eigenvalue weighted by Gasteiger charge is 2.26. The van der Waals surface area contributed by atoms with Gasteiger partial charge in [0, 0.05) is 17.7 Å². The summed E-state index contributed by atoms with van der Waals surface area (Å²) in [5.41, 5.74) is 8.71. The molecule has 0 unspecified atom stereocenters. The van der Waals surface area contributed by atoms with Crippen molar-refractivity contribution in [2.75, 3.05) is 0 Å². The molecule has 1 aliphatic rings. The Balaban J connectivity index is 2.04. The summed E-state index contributed by atoms with van der Waals surface area (Å²) in [7, 11) is 0. The molecule has 3 nitrogen and oxygen atoms in total. The topological polar surface area (TPSA) is 43.8 Å². The summed E-state index contributed by atoms with van der Waals surface area (Å²) in [5, 5.41) is 4.59. The summed E-state index contributed by atoms with van der Waals surface area (Å²) in [6, 6.07) is 9.89. The molecule has 0 amide bonds. The highest BCUT2D eigenvalue weighted by molar-refractivity contribution is 7.80. The molecule has 1 aromatic heterocycles. The van der Waals surface area contributed by atoms with Gasteiger partial charge in [-0.25, -0.2) is 4.68 Å². The standard InChI is InChI=1S/C13H13N3S/c14-13(17)10-3-1-2-4-12(10)16-8-7-11(15-16)9-5-6-9/h1-4,7-9H,5-6H2,(H2,14,17). The predicted molar refractivity (Wildman–Crippen MR) is 71.4 cm³/mol. The van der Waals surface area contributed by atoms with Crippen molar-refractivity contribution < 1.29 is 0 Å². The second kappa shape index (κ2) is 3.96. The van der Waals surface area contributed by atoms with Crippen LogP contribution in [0.3, 0.4) is 0 Å². The maximum absolute atomic E-state index is 5.72. The molecule has 1 heterocycles. The smallest absolute Gasteiger partial charge is 0.106 e. The fraction of sp³-hybridized carbons (Fsp3) is 0.231. The molecular formula is C13H13N3S. The van der Waals surface area contributed by atoms with Crippen LogP contribution in [0.15, 0.2) is 36.5 Å². The fourth-order valence-corrected chi connectivity index (χ4v) is 2.12. The lowest BCUT2D eigenvalue weighted by Crippen LogP contribution is -2.13. The van der Waals surface area contributed by atoms with Crippen LogP contribution in [-0.2, 0) is 0 Å². The van der Waals surface area contributed by atoms with Crippen LogP contribution in [0.2, 0.25) is 0 Å². The number of aromatic nitrogens is 2. The highest BCUT2D eigenvalue weighted by atomic mass is 32.1. The first-order chi connectivity index (χ1) is 8.25. The number of rotatable bonds is 3. The molecule has 0 bridgehead atoms. The number of hydrogen-bond donors (Lipinski definition) is 1. The van der Waals surface area contributed by atoms with Gasteiger partial charge in [0.25, 0.3) is 0 Å². The number of para-hydroxylation sites is 1. The summed E-state index contributed by atoms with van der Waals surface area (Å²) >= 11 is 5.06. The molecule has 86 valence electrons. The third-order valence-corrected chi connectivity index (χ3v) is 3.24. The van der Waals surface area contributed by atoms with Crippen LogP contribution in [0.25, 0.3) is 5.69 Å². The maximum Gasteiger partial charge on any atom is 0.106 e. The Kier molecular flexibility index (Phi) is 2.44. The second-order valence-electron chi connectivity index (χ2n) is 4.34. The van der Waals surface area contributed by atoms with E-state index in [1.54, 1.807) is 0 Å². The molecular weight excluding hydrogens is 230 g/mol. The number of nitrogens with two attached hydrogens (primary N) is 1. The Bertz CT molecular complexity index is 570. The summed E-state index contributed by atoms with van der Waals surface area (Å²) in [5.74, 6) is 0.660. The number of hydrogen-bond acceptors (Lipinski definition) is 2. The average Bonchev–Trinajstić information content (AvgIpc) is 3.07. The zero-order valence-corrected chi connectivity index (χ0v) is 10.2. The summed E-state index contributed by atoms with van der Waals surface area (Å²) in [6.45, 7) is 0. The molecule has 0 radical (unpaired) electrons. The van der Waals surface area contributed by atoms with Crippen LogP contribution in [0.5, 0.6) is 0 Å². The minimum atomic E-state index is 0.407. The minimum absolute atomic E-state index is 0.407. The molecule has 0 aliphatic heterocycles. The molecule has 4 heteroatoms. The van der Waals surface area contributed by atoms with Crippen molar-refractivity contribution in [2.45, 2.75) is 18.8 Å². The van der Waals surface area contributed by atoms with Crippen molar-refractivity contribution in [3.63, 3.8) is 0 Å². The van der Waals surface area contributed by atoms with Crippen LogP contribution >= 0.6 is 12.2 Å². The van der Waals surface area contributed by atoms with E-state index in [2.05, 4.69) is 11.2 Å². The molecule has 1 fully saturated rings. The van der Waals surface area contributed by atoms with Crippen molar-refractivity contribution in [3.8, 4) is 5.69 Å². The van der Waals surface area contributed by atoms with Crippen LogP contribution in [0.4, 0.5) is 0 Å². The number of nitrogens with zero attached hydrogens (tertiary/aromatic N) is 2. The van der Waals surface area contributed by atoms with E-state index in [-0.39, 0.29) is 0 Å². The van der Waals surface area contributed by atoms with E-state index >= 15 is 0 Å². The van der Waals surface area contributed by atoms with Crippen molar-refractivity contribution >= 4 is 17.2 Å². The fourth-order valence-electron chi connectivity index (χ4n) is 1.95. The van der Waals surface area contributed by atoms with Crippen LogP contribution in [0.1, 0.15) is 30.0 Å². The lowest BCUT2D eigenvalue weighted by molar-refractivity contribution is 0.836. The summed E-state index contributed by atoms with van der Waals surface area (Å²) in [6.07, 6.45) is 4.49. The van der Waals surface area contributed by atoms with Crippen molar-refractivity contribution in [3.05, 3.63) is 47.8 Å². The normalized spacial score (nSPS) is 14.8. The third-order valence-electron chi connectivity index (χ3n) is 3.02. The molecule has 17 heavy (non-hydrogen) atoms. The van der Waals surface area contributed by atoms with E-state index in [4.69, 9.17) is 18.0 Å². The molecule has 3 rings (SSSR count). The Morgan fingerprint density at radius 1 is 1.29 bits per heavy atom. The molecule has 0 spiro atoms. The van der Waals surface area contributed by atoms with Crippen LogP contribution < -0.4 is 5.73 Å². The van der Waals surface area contributed by atoms with Gasteiger partial charge in [-0.1, -0.05) is 24.4 Å². The molecule has 1 saturated carbocycles. The molecule has 1 aliphatic carbocycles. The van der Waals surface area contributed by atoms with E-state index in [9.17, 15) is 0 Å². The Morgan fingerprint density at radius 3 is 2.76 bits per heavy atom. The Hall–Kier alpha value is -1.68. The van der Waals surface area contributed by atoms with Gasteiger partial charge >= 0.3 is 0 Å². The van der Waals surface area contributed by atoms with Gasteiger partial charge in [0.1, 0.15) is 4.99 Å². The molecule has 1 aromatic carbocycles. The van der Waals surface area contributed by atoms with Crippen molar-refractivity contribution in [2.24, 2.45) is 5.73 Å². The first-order valence-electron chi connectivity index (χ1n) is 5.70. The average molecular weight is 243 g/mol. The molecule has 0 atom stereocenters. The van der Waals surface area contributed by atoms with Gasteiger partial charge in [-0.2, -0.15) is 5.10 Å². The van der Waals surface area contributed by atoms with Crippen molar-refractivity contribution in [1.82, 2.24) is 9.78 Å². The van der Waals surface area contributed by atoms with Gasteiger partial charge in [0.15, 0.2) is 0 Å². The van der Waals surface area contributed by atoms with E-state index in [1.165, 1.54) is 18.5 Å². The summed E-state index contributed by atoms with van der Waals surface area (Å²) < 4.78 is 1.86. The van der Waals surface area contributed by atoms with E-state index in [0.717, 1.165) is 11.3 Å². The third kappa shape index (κ3) is 1.96. The first kappa shape index (κ1) is 10.5. The minimum Gasteiger partial charge on any atom is -0.389 e. The van der Waals surface area contributed by atoms with Crippen LogP contribution in [0, 0.1) is 0 Å². The summed E-state index contributed by atoms with van der Waals surface area (Å²) in [4.78, 5) is 0.407. The highest BCUT2D eigenvalue weighted by Crippen LogP contribution is 2.39. The Labute approximate surface area is 105 Å². The van der Waals surface area contributed by atoms with Gasteiger partial charge in [-0.15, -0.1) is 0 Å². The van der Waals surface area contributed by atoms with Gasteiger partial charge in [0.2, 0.25) is 0 Å². The van der Waals surface area contributed by atoms with E-state index in [0.29, 0.717) is 10.9 Å². The quantitative estimate of drug-likeness (QED) is 0.842. The second-order valence-corrected chi connectivity index (χ2v) is 4.78. The monoisotopic (exact) mass is 243 g/mol. The predicted octanol–water partition coefficient (Wildman–Crippen LogP) is 2.38. The largest absolute Gasteiger partial charge is 0.389 e. The molecule has 2 N–H and O–H groups in total. The van der Waals surface area contributed by atoms with Gasteiger partial charge in [-0.3, -0.25) is 0 Å². The lowest BCUT2D eigenvalue weighted by Gasteiger charge is -2.07. The molecule has 0 saturated heterocycles. The SMILES string of the molecule is NC(=S)c1ccccc1-n1ccc(C2CC2)n1. The number of benzene rings is 1. The van der Waals surface area contributed by atoms with E-state index in [1.807, 2.05) is 35.1 Å².